The Morgan fingerprint density at radius 2 is 2.00 bits per heavy atom. The molecule has 130 valence electrons. The fraction of sp³-hybridized carbons (Fsp3) is 0.600. The lowest BCUT2D eigenvalue weighted by Gasteiger charge is -2.23. The zero-order chi connectivity index (χ0) is 17.4. The molecule has 1 unspecified atom stereocenters. The Morgan fingerprint density at radius 3 is 2.61 bits per heavy atom. The van der Waals surface area contributed by atoms with Crippen molar-refractivity contribution in [2.75, 3.05) is 11.5 Å². The molecule has 1 heterocycles. The molecule has 0 aromatic heterocycles. The second-order valence-corrected chi connectivity index (χ2v) is 10.5. The van der Waals surface area contributed by atoms with E-state index in [2.05, 4.69) is 5.32 Å². The van der Waals surface area contributed by atoms with E-state index >= 15 is 0 Å². The van der Waals surface area contributed by atoms with E-state index in [1.54, 1.807) is 6.92 Å². The number of hydrogen-bond donors (Lipinski definition) is 1. The Labute approximate surface area is 137 Å². The molecule has 1 aromatic carbocycles. The molecule has 1 aromatic rings. The van der Waals surface area contributed by atoms with E-state index in [0.29, 0.717) is 5.56 Å². The van der Waals surface area contributed by atoms with Gasteiger partial charge >= 0.3 is 0 Å². The molecular formula is C15H22FNO4S2. The first-order chi connectivity index (χ1) is 10.6. The molecule has 0 amide bonds. The molecule has 23 heavy (non-hydrogen) atoms. The molecule has 0 spiro atoms. The van der Waals surface area contributed by atoms with Gasteiger partial charge in [-0.15, -0.1) is 0 Å². The maximum Gasteiger partial charge on any atom is 0.186 e. The van der Waals surface area contributed by atoms with Crippen LogP contribution in [-0.4, -0.2) is 45.7 Å². The minimum atomic E-state index is -4.08. The molecule has 1 aliphatic rings. The highest BCUT2D eigenvalue weighted by Crippen LogP contribution is 2.28. The molecule has 2 rings (SSSR count). The number of rotatable bonds is 5. The molecule has 5 nitrogen and oxygen atoms in total. The average Bonchev–Trinajstić information content (AvgIpc) is 2.76. The number of nitrogens with one attached hydrogen (secondary N) is 1. The summed E-state index contributed by atoms with van der Waals surface area (Å²) < 4.78 is 63.6. The summed E-state index contributed by atoms with van der Waals surface area (Å²) in [5.74, 6) is -1.56. The predicted molar refractivity (Wildman–Crippen MR) is 87.4 cm³/mol. The lowest BCUT2D eigenvalue weighted by atomic mass is 10.2. The Bertz CT molecular complexity index is 790. The van der Waals surface area contributed by atoms with Gasteiger partial charge in [-0.05, 0) is 38.0 Å². The van der Waals surface area contributed by atoms with E-state index in [4.69, 9.17) is 0 Å². The first-order valence-corrected chi connectivity index (χ1v) is 10.9. The topological polar surface area (TPSA) is 80.3 Å². The Morgan fingerprint density at radius 1 is 1.35 bits per heavy atom. The second kappa shape index (κ2) is 6.49. The second-order valence-electron chi connectivity index (χ2n) is 6.18. The number of sulfone groups is 2. The van der Waals surface area contributed by atoms with Gasteiger partial charge in [-0.25, -0.2) is 21.2 Å². The zero-order valence-electron chi connectivity index (χ0n) is 13.4. The first-order valence-electron chi connectivity index (χ1n) is 7.53. The van der Waals surface area contributed by atoms with Gasteiger partial charge in [0.25, 0.3) is 0 Å². The highest BCUT2D eigenvalue weighted by atomic mass is 32.2. The van der Waals surface area contributed by atoms with Gasteiger partial charge in [-0.1, -0.05) is 13.0 Å². The van der Waals surface area contributed by atoms with Crippen molar-refractivity contribution in [3.8, 4) is 0 Å². The van der Waals surface area contributed by atoms with Crippen LogP contribution < -0.4 is 5.32 Å². The Kier molecular flexibility index (Phi) is 5.18. The molecule has 0 saturated carbocycles. The molecule has 1 N–H and O–H groups in total. The Hall–Kier alpha value is -0.990. The van der Waals surface area contributed by atoms with Crippen LogP contribution in [0.1, 0.15) is 25.8 Å². The summed E-state index contributed by atoms with van der Waals surface area (Å²) in [4.78, 5) is -0.421. The third kappa shape index (κ3) is 3.92. The normalized spacial score (nSPS) is 25.4. The Balaban J connectivity index is 2.45. The summed E-state index contributed by atoms with van der Waals surface area (Å²) in [7, 11) is -7.56. The van der Waals surface area contributed by atoms with E-state index < -0.39 is 47.4 Å². The van der Waals surface area contributed by atoms with Gasteiger partial charge in [0.15, 0.2) is 19.7 Å². The van der Waals surface area contributed by atoms with Crippen LogP contribution in [0.5, 0.6) is 0 Å². The number of hydrogen-bond acceptors (Lipinski definition) is 5. The predicted octanol–water partition coefficient (Wildman–Crippen LogP) is 1.46. The van der Waals surface area contributed by atoms with Crippen molar-refractivity contribution < 1.29 is 21.2 Å². The third-order valence-electron chi connectivity index (χ3n) is 4.20. The van der Waals surface area contributed by atoms with Crippen LogP contribution in [0.25, 0.3) is 0 Å². The lowest BCUT2D eigenvalue weighted by Crippen LogP contribution is -2.47. The van der Waals surface area contributed by atoms with E-state index in [9.17, 15) is 21.2 Å². The molecule has 0 aliphatic carbocycles. The summed E-state index contributed by atoms with van der Waals surface area (Å²) in [6.07, 6.45) is 0.738. The first kappa shape index (κ1) is 18.4. The number of aryl methyl sites for hydroxylation is 1. The minimum absolute atomic E-state index is 0.0200. The maximum atomic E-state index is 14.0. The summed E-state index contributed by atoms with van der Waals surface area (Å²) in [6.45, 7) is 5.45. The van der Waals surface area contributed by atoms with Gasteiger partial charge < -0.3 is 5.32 Å². The van der Waals surface area contributed by atoms with Crippen LogP contribution >= 0.6 is 0 Å². The van der Waals surface area contributed by atoms with Crippen LogP contribution in [0.4, 0.5) is 4.39 Å². The molecule has 0 radical (unpaired) electrons. The highest BCUT2D eigenvalue weighted by Gasteiger charge is 2.46. The number of halogens is 1. The smallest absolute Gasteiger partial charge is 0.186 e. The molecule has 1 saturated heterocycles. The molecule has 0 bridgehead atoms. The van der Waals surface area contributed by atoms with E-state index in [1.165, 1.54) is 12.1 Å². The van der Waals surface area contributed by atoms with Crippen molar-refractivity contribution in [2.45, 2.75) is 49.4 Å². The van der Waals surface area contributed by atoms with E-state index in [1.807, 2.05) is 13.8 Å². The fourth-order valence-electron chi connectivity index (χ4n) is 2.75. The SMILES string of the molecule is CCC(C)N[C@H]1CS(=O)(=O)C[C@@H]1S(=O)(=O)c1cc(C)ccc1F. The molecule has 1 fully saturated rings. The molecular weight excluding hydrogens is 341 g/mol. The minimum Gasteiger partial charge on any atom is -0.309 e. The van der Waals surface area contributed by atoms with Gasteiger partial charge in [0.05, 0.1) is 16.8 Å². The van der Waals surface area contributed by atoms with Crippen molar-refractivity contribution >= 4 is 19.7 Å². The van der Waals surface area contributed by atoms with Crippen molar-refractivity contribution in [1.29, 1.82) is 0 Å². The van der Waals surface area contributed by atoms with Crippen molar-refractivity contribution in [3.63, 3.8) is 0 Å². The molecule has 3 atom stereocenters. The quantitative estimate of drug-likeness (QED) is 0.857. The van der Waals surface area contributed by atoms with Crippen LogP contribution in [0.15, 0.2) is 23.1 Å². The fourth-order valence-corrected chi connectivity index (χ4v) is 7.58. The van der Waals surface area contributed by atoms with Crippen LogP contribution in [0.3, 0.4) is 0 Å². The van der Waals surface area contributed by atoms with Crippen LogP contribution in [0.2, 0.25) is 0 Å². The van der Waals surface area contributed by atoms with Crippen molar-refractivity contribution in [1.82, 2.24) is 5.32 Å². The zero-order valence-corrected chi connectivity index (χ0v) is 15.0. The highest BCUT2D eigenvalue weighted by molar-refractivity contribution is 7.96. The third-order valence-corrected chi connectivity index (χ3v) is 8.37. The standard InChI is InChI=1S/C15H22FNO4S2/c1-4-11(3)17-13-8-22(18,19)9-15(13)23(20,21)14-7-10(2)5-6-12(14)16/h5-7,11,13,15,17H,4,8-9H2,1-3H3/t11?,13-,15-/m0/s1. The van der Waals surface area contributed by atoms with Gasteiger partial charge in [0.2, 0.25) is 0 Å². The summed E-state index contributed by atoms with van der Waals surface area (Å²) in [6, 6.07) is 3.10. The van der Waals surface area contributed by atoms with E-state index in [-0.39, 0.29) is 11.8 Å². The van der Waals surface area contributed by atoms with E-state index in [0.717, 1.165) is 12.5 Å². The molecule has 1 aliphatic heterocycles. The van der Waals surface area contributed by atoms with Crippen LogP contribution in [0, 0.1) is 12.7 Å². The van der Waals surface area contributed by atoms with Crippen molar-refractivity contribution in [3.05, 3.63) is 29.6 Å². The van der Waals surface area contributed by atoms with Gasteiger partial charge in [-0.2, -0.15) is 0 Å². The van der Waals surface area contributed by atoms with Gasteiger partial charge in [0, 0.05) is 12.1 Å². The average molecular weight is 363 g/mol. The summed E-state index contributed by atoms with van der Waals surface area (Å²) in [5.41, 5.74) is 0.609. The van der Waals surface area contributed by atoms with Crippen molar-refractivity contribution in [2.24, 2.45) is 0 Å². The largest absolute Gasteiger partial charge is 0.309 e. The van der Waals surface area contributed by atoms with Gasteiger partial charge in [0.1, 0.15) is 10.7 Å². The monoisotopic (exact) mass is 363 g/mol. The summed E-state index contributed by atoms with van der Waals surface area (Å²) >= 11 is 0. The number of benzene rings is 1. The molecule has 8 heteroatoms. The van der Waals surface area contributed by atoms with Crippen LogP contribution in [-0.2, 0) is 19.7 Å². The summed E-state index contributed by atoms with van der Waals surface area (Å²) in [5, 5.41) is 1.89. The maximum absolute atomic E-state index is 14.0. The lowest BCUT2D eigenvalue weighted by molar-refractivity contribution is 0.455. The van der Waals surface area contributed by atoms with Gasteiger partial charge in [-0.3, -0.25) is 0 Å².